The molecule has 0 aliphatic rings. The van der Waals surface area contributed by atoms with Crippen molar-refractivity contribution in [3.05, 3.63) is 112 Å². The van der Waals surface area contributed by atoms with Crippen LogP contribution in [0.1, 0.15) is 49.8 Å². The van der Waals surface area contributed by atoms with Gasteiger partial charge in [0, 0.05) is 42.8 Å². The molecule has 0 radical (unpaired) electrons. The molecule has 13 heteroatoms. The Hall–Kier alpha value is -4.30. The summed E-state index contributed by atoms with van der Waals surface area (Å²) >= 11 is 1.39. The maximum absolute atomic E-state index is 13.8. The Kier molecular flexibility index (Phi) is 11.9. The van der Waals surface area contributed by atoms with Crippen LogP contribution in [0, 0.1) is 0 Å². The molecule has 0 saturated carbocycles. The molecule has 11 nitrogen and oxygen atoms in total. The van der Waals surface area contributed by atoms with Gasteiger partial charge in [0.25, 0.3) is 11.8 Å². The Bertz CT molecular complexity index is 1720. The van der Waals surface area contributed by atoms with E-state index < -0.39 is 40.0 Å². The van der Waals surface area contributed by atoms with Gasteiger partial charge in [-0.1, -0.05) is 42.5 Å². The van der Waals surface area contributed by atoms with Crippen molar-refractivity contribution < 1.29 is 27.9 Å². The first-order valence-electron chi connectivity index (χ1n) is 14.6. The number of ether oxygens (including phenoxy) is 1. The third-order valence-corrected chi connectivity index (χ3v) is 9.53. The summed E-state index contributed by atoms with van der Waals surface area (Å²) in [5.41, 5.74) is 2.18. The van der Waals surface area contributed by atoms with Crippen molar-refractivity contribution in [1.82, 2.24) is 20.9 Å². The Morgan fingerprint density at radius 2 is 1.65 bits per heavy atom. The number of nitrogens with one attached hydrogen (secondary N) is 3. The first-order chi connectivity index (χ1) is 21.9. The minimum atomic E-state index is -3.71. The largest absolute Gasteiger partial charge is 0.497 e. The number of rotatable bonds is 15. The zero-order valence-electron chi connectivity index (χ0n) is 26.1. The van der Waals surface area contributed by atoms with Gasteiger partial charge >= 0.3 is 0 Å². The van der Waals surface area contributed by atoms with E-state index in [0.29, 0.717) is 18.0 Å². The van der Waals surface area contributed by atoms with Crippen LogP contribution in [0.15, 0.2) is 84.4 Å². The summed E-state index contributed by atoms with van der Waals surface area (Å²) in [6.07, 6.45) is 2.02. The SMILES string of the molecule is COc1cccc(CNCC(O)C(Cc2ccccc2)NC(=O)c2cc(C(=O)NC(C)c3nccs3)cc(N(C)S(C)(=O)=O)c2)c1. The smallest absolute Gasteiger partial charge is 0.251 e. The van der Waals surface area contributed by atoms with Crippen LogP contribution in [0.25, 0.3) is 0 Å². The highest BCUT2D eigenvalue weighted by atomic mass is 32.2. The molecule has 4 rings (SSSR count). The highest BCUT2D eigenvalue weighted by Crippen LogP contribution is 2.23. The monoisotopic (exact) mass is 665 g/mol. The average Bonchev–Trinajstić information content (AvgIpc) is 3.59. The van der Waals surface area contributed by atoms with Crippen molar-refractivity contribution in [2.75, 3.05) is 31.3 Å². The van der Waals surface area contributed by atoms with E-state index in [-0.39, 0.29) is 23.4 Å². The Labute approximate surface area is 273 Å². The third kappa shape index (κ3) is 9.60. The van der Waals surface area contributed by atoms with E-state index in [0.717, 1.165) is 27.4 Å². The van der Waals surface area contributed by atoms with Gasteiger partial charge in [0.1, 0.15) is 10.8 Å². The zero-order valence-corrected chi connectivity index (χ0v) is 27.8. The van der Waals surface area contributed by atoms with Gasteiger partial charge in [0.15, 0.2) is 0 Å². The second-order valence-electron chi connectivity index (χ2n) is 10.9. The molecular formula is C33H39N5O6S2. The van der Waals surface area contributed by atoms with Crippen LogP contribution in [-0.2, 0) is 23.0 Å². The number of carbonyl (C=O) groups is 2. The molecule has 244 valence electrons. The van der Waals surface area contributed by atoms with Crippen molar-refractivity contribution in [3.8, 4) is 5.75 Å². The van der Waals surface area contributed by atoms with Gasteiger partial charge in [-0.15, -0.1) is 11.3 Å². The topological polar surface area (TPSA) is 150 Å². The van der Waals surface area contributed by atoms with Gasteiger partial charge in [-0.3, -0.25) is 13.9 Å². The number of carbonyl (C=O) groups excluding carboxylic acids is 2. The number of nitrogens with zero attached hydrogens (tertiary/aromatic N) is 2. The molecular weight excluding hydrogens is 627 g/mol. The Balaban J connectivity index is 1.57. The molecule has 0 fully saturated rings. The summed E-state index contributed by atoms with van der Waals surface area (Å²) in [4.78, 5) is 31.3. The minimum Gasteiger partial charge on any atom is -0.497 e. The average molecular weight is 666 g/mol. The third-order valence-electron chi connectivity index (χ3n) is 7.37. The lowest BCUT2D eigenvalue weighted by atomic mass is 10.00. The number of hydrogen-bond acceptors (Lipinski definition) is 9. The first kappa shape index (κ1) is 34.6. The van der Waals surface area contributed by atoms with E-state index in [1.165, 1.54) is 36.6 Å². The van der Waals surface area contributed by atoms with E-state index in [2.05, 4.69) is 20.9 Å². The second kappa shape index (κ2) is 15.8. The number of anilines is 1. The fraction of sp³-hybridized carbons (Fsp3) is 0.303. The summed E-state index contributed by atoms with van der Waals surface area (Å²) in [5, 5.41) is 22.8. The van der Waals surface area contributed by atoms with E-state index >= 15 is 0 Å². The molecule has 0 aliphatic carbocycles. The molecule has 2 amide bonds. The number of aliphatic hydroxyl groups is 1. The molecule has 0 bridgehead atoms. The predicted molar refractivity (Wildman–Crippen MR) is 180 cm³/mol. The predicted octanol–water partition coefficient (Wildman–Crippen LogP) is 3.53. The lowest BCUT2D eigenvalue weighted by Crippen LogP contribution is -2.48. The number of methoxy groups -OCH3 is 1. The number of sulfonamides is 1. The van der Waals surface area contributed by atoms with Crippen LogP contribution in [0.2, 0.25) is 0 Å². The zero-order chi connectivity index (χ0) is 33.3. The number of amides is 2. The van der Waals surface area contributed by atoms with Gasteiger partial charge in [-0.2, -0.15) is 0 Å². The van der Waals surface area contributed by atoms with Crippen molar-refractivity contribution in [1.29, 1.82) is 0 Å². The number of thiazole rings is 1. The molecule has 3 unspecified atom stereocenters. The quantitative estimate of drug-likeness (QED) is 0.151. The Morgan fingerprint density at radius 3 is 2.28 bits per heavy atom. The van der Waals surface area contributed by atoms with Gasteiger partial charge in [0.05, 0.1) is 37.2 Å². The standard InChI is InChI=1S/C33H39N5O6S2/c1-22(33-35-13-14-45-33)36-31(40)25-17-26(19-27(18-25)38(2)46(4,42)43)32(41)37-29(16-23-9-6-5-7-10-23)30(39)21-34-20-24-11-8-12-28(15-24)44-3/h5-15,17-19,22,29-30,34,39H,16,20-21H2,1-4H3,(H,36,40)(H,37,41). The molecule has 0 aliphatic heterocycles. The van der Waals surface area contributed by atoms with Gasteiger partial charge in [0.2, 0.25) is 10.0 Å². The fourth-order valence-electron chi connectivity index (χ4n) is 4.73. The van der Waals surface area contributed by atoms with Crippen molar-refractivity contribution >= 4 is 38.9 Å². The minimum absolute atomic E-state index is 0.0645. The highest BCUT2D eigenvalue weighted by molar-refractivity contribution is 7.92. The second-order valence-corrected chi connectivity index (χ2v) is 13.8. The van der Waals surface area contributed by atoms with Gasteiger partial charge in [-0.05, 0) is 54.8 Å². The summed E-state index contributed by atoms with van der Waals surface area (Å²) in [5.74, 6) is -0.342. The van der Waals surface area contributed by atoms with E-state index in [4.69, 9.17) is 4.74 Å². The summed E-state index contributed by atoms with van der Waals surface area (Å²) in [6.45, 7) is 2.43. The first-order valence-corrected chi connectivity index (χ1v) is 17.3. The van der Waals surface area contributed by atoms with Crippen molar-refractivity contribution in [2.45, 2.75) is 38.1 Å². The number of hydrogen-bond donors (Lipinski definition) is 4. The normalized spacial score (nSPS) is 13.3. The van der Waals surface area contributed by atoms with Crippen molar-refractivity contribution in [2.24, 2.45) is 0 Å². The lowest BCUT2D eigenvalue weighted by Gasteiger charge is -2.25. The Morgan fingerprint density at radius 1 is 0.978 bits per heavy atom. The van der Waals surface area contributed by atoms with Gasteiger partial charge < -0.3 is 25.8 Å². The van der Waals surface area contributed by atoms with Crippen molar-refractivity contribution in [3.63, 3.8) is 0 Å². The highest BCUT2D eigenvalue weighted by Gasteiger charge is 2.25. The van der Waals surface area contributed by atoms with E-state index in [9.17, 15) is 23.1 Å². The fourth-order valence-corrected chi connectivity index (χ4v) is 5.86. The van der Waals surface area contributed by atoms with Crippen LogP contribution >= 0.6 is 11.3 Å². The molecule has 3 aromatic carbocycles. The molecule has 3 atom stereocenters. The summed E-state index contributed by atoms with van der Waals surface area (Å²) < 4.78 is 31.1. The molecule has 1 heterocycles. The molecule has 4 aromatic rings. The number of aromatic nitrogens is 1. The number of benzene rings is 3. The summed E-state index contributed by atoms with van der Waals surface area (Å²) in [7, 11) is -0.762. The maximum Gasteiger partial charge on any atom is 0.251 e. The van der Waals surface area contributed by atoms with Crippen LogP contribution in [0.5, 0.6) is 5.75 Å². The van der Waals surface area contributed by atoms with Crippen LogP contribution in [0.3, 0.4) is 0 Å². The number of aliphatic hydroxyl groups excluding tert-OH is 1. The summed E-state index contributed by atoms with van der Waals surface area (Å²) in [6, 6.07) is 20.1. The molecule has 1 aromatic heterocycles. The molecule has 4 N–H and O–H groups in total. The maximum atomic E-state index is 13.8. The molecule has 0 spiro atoms. The van der Waals surface area contributed by atoms with E-state index in [1.807, 2.05) is 54.6 Å². The van der Waals surface area contributed by atoms with Crippen LogP contribution in [-0.4, -0.2) is 69.4 Å². The van der Waals surface area contributed by atoms with Crippen LogP contribution in [0.4, 0.5) is 5.69 Å². The van der Waals surface area contributed by atoms with Crippen LogP contribution < -0.4 is 25.0 Å². The molecule has 46 heavy (non-hydrogen) atoms. The molecule has 0 saturated heterocycles. The van der Waals surface area contributed by atoms with Gasteiger partial charge in [-0.25, -0.2) is 13.4 Å². The van der Waals surface area contributed by atoms with E-state index in [1.54, 1.807) is 25.6 Å². The lowest BCUT2D eigenvalue weighted by molar-refractivity contribution is 0.0830.